The van der Waals surface area contributed by atoms with Gasteiger partial charge in [-0.25, -0.2) is 0 Å². The number of hydrogen-bond acceptors (Lipinski definition) is 3. The third-order valence-corrected chi connectivity index (χ3v) is 4.99. The highest BCUT2D eigenvalue weighted by Gasteiger charge is 2.17. The Hall–Kier alpha value is -2.82. The van der Waals surface area contributed by atoms with Gasteiger partial charge in [0, 0.05) is 37.1 Å². The first-order valence-electron chi connectivity index (χ1n) is 9.60. The molecule has 0 spiro atoms. The van der Waals surface area contributed by atoms with Gasteiger partial charge in [-0.05, 0) is 49.2 Å². The van der Waals surface area contributed by atoms with E-state index in [2.05, 4.69) is 5.32 Å². The summed E-state index contributed by atoms with van der Waals surface area (Å²) in [5.41, 5.74) is 2.40. The second-order valence-electron chi connectivity index (χ2n) is 6.93. The van der Waals surface area contributed by atoms with E-state index in [4.69, 9.17) is 0 Å². The van der Waals surface area contributed by atoms with Crippen LogP contribution in [0.2, 0.25) is 0 Å². The Kier molecular flexibility index (Phi) is 6.47. The maximum Gasteiger partial charge on any atom is 0.253 e. The Balaban J connectivity index is 1.54. The van der Waals surface area contributed by atoms with Gasteiger partial charge in [0.1, 0.15) is 0 Å². The van der Waals surface area contributed by atoms with Crippen LogP contribution in [0.15, 0.2) is 54.6 Å². The zero-order valence-electron chi connectivity index (χ0n) is 15.9. The van der Waals surface area contributed by atoms with Crippen LogP contribution in [0.3, 0.4) is 0 Å². The fraction of sp³-hybridized carbons (Fsp3) is 0.364. The van der Waals surface area contributed by atoms with E-state index < -0.39 is 0 Å². The van der Waals surface area contributed by atoms with Gasteiger partial charge < -0.3 is 15.1 Å². The highest BCUT2D eigenvalue weighted by molar-refractivity contribution is 5.96. The quantitative estimate of drug-likeness (QED) is 0.877. The van der Waals surface area contributed by atoms with Gasteiger partial charge in [-0.15, -0.1) is 0 Å². The second-order valence-corrected chi connectivity index (χ2v) is 6.93. The van der Waals surface area contributed by atoms with Crippen LogP contribution < -0.4 is 10.2 Å². The highest BCUT2D eigenvalue weighted by Crippen LogP contribution is 2.16. The van der Waals surface area contributed by atoms with Crippen LogP contribution in [-0.2, 0) is 4.79 Å². The van der Waals surface area contributed by atoms with Crippen molar-refractivity contribution in [3.8, 4) is 0 Å². The molecule has 142 valence electrons. The molecule has 0 radical (unpaired) electrons. The average Bonchev–Trinajstić information content (AvgIpc) is 3.01. The van der Waals surface area contributed by atoms with Crippen LogP contribution in [-0.4, -0.2) is 43.4 Å². The summed E-state index contributed by atoms with van der Waals surface area (Å²) in [6.07, 6.45) is 4.58. The van der Waals surface area contributed by atoms with Gasteiger partial charge in [0.05, 0.1) is 6.54 Å². The molecule has 0 atom stereocenters. The number of nitrogens with one attached hydrogen (secondary N) is 1. The third-order valence-electron chi connectivity index (χ3n) is 4.99. The molecule has 2 aromatic carbocycles. The molecule has 1 fully saturated rings. The number of nitrogens with zero attached hydrogens (tertiary/aromatic N) is 2. The van der Waals surface area contributed by atoms with Crippen molar-refractivity contribution >= 4 is 23.2 Å². The molecule has 1 N–H and O–H groups in total. The molecule has 0 saturated carbocycles. The van der Waals surface area contributed by atoms with E-state index in [1.165, 1.54) is 12.8 Å². The van der Waals surface area contributed by atoms with Gasteiger partial charge in [-0.1, -0.05) is 31.0 Å². The number of likely N-dealkylation sites (N-methyl/N-ethyl adjacent to an activating group) is 1. The first kappa shape index (κ1) is 19.0. The number of amides is 2. The van der Waals surface area contributed by atoms with E-state index >= 15 is 0 Å². The number of likely N-dealkylation sites (tertiary alicyclic amines) is 1. The minimum absolute atomic E-state index is 0.0223. The number of hydrogen-bond donors (Lipinski definition) is 1. The van der Waals surface area contributed by atoms with Crippen LogP contribution in [0, 0.1) is 0 Å². The number of anilines is 2. The van der Waals surface area contributed by atoms with Gasteiger partial charge in [0.15, 0.2) is 0 Å². The largest absolute Gasteiger partial charge is 0.376 e. The Labute approximate surface area is 161 Å². The van der Waals surface area contributed by atoms with Crippen LogP contribution in [0.5, 0.6) is 0 Å². The van der Waals surface area contributed by atoms with E-state index in [0.717, 1.165) is 37.3 Å². The summed E-state index contributed by atoms with van der Waals surface area (Å²) in [5, 5.41) is 3.13. The summed E-state index contributed by atoms with van der Waals surface area (Å²) in [5.74, 6) is 0.0780. The predicted octanol–water partition coefficient (Wildman–Crippen LogP) is 3.78. The number of rotatable bonds is 5. The molecule has 27 heavy (non-hydrogen) atoms. The molecule has 1 aliphatic heterocycles. The Morgan fingerprint density at radius 3 is 2.19 bits per heavy atom. The van der Waals surface area contributed by atoms with Gasteiger partial charge >= 0.3 is 0 Å². The smallest absolute Gasteiger partial charge is 0.253 e. The van der Waals surface area contributed by atoms with Gasteiger partial charge in [-0.2, -0.15) is 0 Å². The summed E-state index contributed by atoms with van der Waals surface area (Å²) in [4.78, 5) is 28.5. The van der Waals surface area contributed by atoms with Crippen LogP contribution in [0.4, 0.5) is 11.4 Å². The average molecular weight is 365 g/mol. The molecule has 5 nitrogen and oxygen atoms in total. The summed E-state index contributed by atoms with van der Waals surface area (Å²) >= 11 is 0. The highest BCUT2D eigenvalue weighted by atomic mass is 16.2. The zero-order valence-corrected chi connectivity index (χ0v) is 15.9. The maximum absolute atomic E-state index is 12.6. The number of carbonyl (C=O) groups is 2. The molecule has 2 aromatic rings. The summed E-state index contributed by atoms with van der Waals surface area (Å²) in [6.45, 7) is 1.89. The van der Waals surface area contributed by atoms with Crippen molar-refractivity contribution in [1.29, 1.82) is 0 Å². The fourth-order valence-electron chi connectivity index (χ4n) is 3.28. The Bertz CT molecular complexity index is 751. The lowest BCUT2D eigenvalue weighted by atomic mass is 10.1. The van der Waals surface area contributed by atoms with Crippen LogP contribution in [0.25, 0.3) is 0 Å². The minimum atomic E-state index is -0.0223. The number of benzene rings is 2. The summed E-state index contributed by atoms with van der Waals surface area (Å²) < 4.78 is 0. The maximum atomic E-state index is 12.6. The van der Waals surface area contributed by atoms with E-state index in [1.54, 1.807) is 11.9 Å². The molecular weight excluding hydrogens is 338 g/mol. The topological polar surface area (TPSA) is 52.7 Å². The molecule has 0 unspecified atom stereocenters. The fourth-order valence-corrected chi connectivity index (χ4v) is 3.28. The summed E-state index contributed by atoms with van der Waals surface area (Å²) in [6, 6.07) is 16.9. The molecular formula is C22H27N3O2. The summed E-state index contributed by atoms with van der Waals surface area (Å²) in [7, 11) is 1.77. The molecule has 3 rings (SSSR count). The lowest BCUT2D eigenvalue weighted by Gasteiger charge is -2.20. The van der Waals surface area contributed by atoms with Crippen molar-refractivity contribution in [2.24, 2.45) is 0 Å². The van der Waals surface area contributed by atoms with Crippen LogP contribution >= 0.6 is 0 Å². The van der Waals surface area contributed by atoms with E-state index in [0.29, 0.717) is 5.56 Å². The van der Waals surface area contributed by atoms with Crippen molar-refractivity contribution < 1.29 is 9.59 Å². The van der Waals surface area contributed by atoms with Crippen molar-refractivity contribution in [3.05, 3.63) is 60.2 Å². The molecule has 1 heterocycles. The lowest BCUT2D eigenvalue weighted by Crippen LogP contribution is -2.32. The van der Waals surface area contributed by atoms with Crippen molar-refractivity contribution in [1.82, 2.24) is 4.90 Å². The molecule has 0 bridgehead atoms. The lowest BCUT2D eigenvalue weighted by molar-refractivity contribution is -0.116. The second kappa shape index (κ2) is 9.21. The minimum Gasteiger partial charge on any atom is -0.376 e. The molecule has 0 aliphatic carbocycles. The zero-order chi connectivity index (χ0) is 19.1. The first-order valence-corrected chi connectivity index (χ1v) is 9.60. The van der Waals surface area contributed by atoms with Crippen molar-refractivity contribution in [3.63, 3.8) is 0 Å². The Morgan fingerprint density at radius 2 is 1.56 bits per heavy atom. The molecule has 5 heteroatoms. The standard InChI is InChI=1S/C22H27N3O2/c1-24(20-9-5-4-6-10-20)21(26)17-23-19-13-11-18(12-14-19)22(27)25-15-7-2-3-8-16-25/h4-6,9-14,23H,2-3,7-8,15-17H2,1H3. The van der Waals surface area contributed by atoms with Crippen LogP contribution in [0.1, 0.15) is 36.0 Å². The number of carbonyl (C=O) groups excluding carboxylic acids is 2. The Morgan fingerprint density at radius 1 is 0.926 bits per heavy atom. The van der Waals surface area contributed by atoms with E-state index in [1.807, 2.05) is 59.5 Å². The van der Waals surface area contributed by atoms with E-state index in [9.17, 15) is 9.59 Å². The molecule has 0 aromatic heterocycles. The van der Waals surface area contributed by atoms with Gasteiger partial charge in [-0.3, -0.25) is 9.59 Å². The molecule has 1 aliphatic rings. The monoisotopic (exact) mass is 365 g/mol. The third kappa shape index (κ3) is 5.09. The SMILES string of the molecule is CN(C(=O)CNc1ccc(C(=O)N2CCCCCC2)cc1)c1ccccc1. The van der Waals surface area contributed by atoms with Gasteiger partial charge in [0.25, 0.3) is 5.91 Å². The first-order chi connectivity index (χ1) is 13.1. The normalized spacial score (nSPS) is 14.3. The molecule has 1 saturated heterocycles. The van der Waals surface area contributed by atoms with Crippen molar-refractivity contribution in [2.45, 2.75) is 25.7 Å². The molecule has 2 amide bonds. The van der Waals surface area contributed by atoms with E-state index in [-0.39, 0.29) is 18.4 Å². The van der Waals surface area contributed by atoms with Crippen molar-refractivity contribution in [2.75, 3.05) is 36.9 Å². The number of para-hydroxylation sites is 1. The predicted molar refractivity (Wildman–Crippen MR) is 109 cm³/mol. The van der Waals surface area contributed by atoms with Gasteiger partial charge in [0.2, 0.25) is 5.91 Å².